The molecule has 0 saturated heterocycles. The van der Waals surface area contributed by atoms with Crippen LogP contribution in [0.15, 0.2) is 38.4 Å². The first-order valence-electron chi connectivity index (χ1n) is 9.02. The van der Waals surface area contributed by atoms with Crippen LogP contribution in [0.2, 0.25) is 5.15 Å². The summed E-state index contributed by atoms with van der Waals surface area (Å²) < 4.78 is 53.5. The van der Waals surface area contributed by atoms with E-state index in [2.05, 4.69) is 19.9 Å². The molecule has 1 atom stereocenters. The van der Waals surface area contributed by atoms with Gasteiger partial charge in [0.15, 0.2) is 0 Å². The average Bonchev–Trinajstić information content (AvgIpc) is 3.16. The van der Waals surface area contributed by atoms with Crippen LogP contribution in [0, 0.1) is 19.7 Å². The van der Waals surface area contributed by atoms with Crippen molar-refractivity contribution in [3.8, 4) is 5.88 Å². The Bertz CT molecular complexity index is 1290. The zero-order valence-electron chi connectivity index (χ0n) is 17.1. The zero-order valence-corrected chi connectivity index (χ0v) is 18.7. The molecule has 1 aromatic carbocycles. The molecule has 12 heteroatoms. The summed E-state index contributed by atoms with van der Waals surface area (Å²) in [5.41, 5.74) is 0.0242. The van der Waals surface area contributed by atoms with Crippen LogP contribution in [0.25, 0.3) is 0 Å². The summed E-state index contributed by atoms with van der Waals surface area (Å²) in [4.78, 5) is 15.2. The molecule has 3 aromatic rings. The number of halogens is 2. The maximum Gasteiger partial charge on any atom is 0.434 e. The van der Waals surface area contributed by atoms with E-state index in [9.17, 15) is 17.6 Å². The minimum atomic E-state index is -4.17. The number of sulfonamides is 1. The van der Waals surface area contributed by atoms with Gasteiger partial charge in [-0.15, -0.1) is 5.10 Å². The van der Waals surface area contributed by atoms with Gasteiger partial charge < -0.3 is 9.15 Å². The lowest BCUT2D eigenvalue weighted by atomic mass is 9.78. The van der Waals surface area contributed by atoms with Gasteiger partial charge >= 0.3 is 5.76 Å². The second-order valence-corrected chi connectivity index (χ2v) is 9.20. The first kappa shape index (κ1) is 22.9. The molecule has 2 N–H and O–H groups in total. The molecular formula is C19H20ClFN4O5S. The Hall–Kier alpha value is -2.76. The van der Waals surface area contributed by atoms with E-state index in [0.29, 0.717) is 5.56 Å². The molecule has 0 radical (unpaired) electrons. The Morgan fingerprint density at radius 3 is 2.61 bits per heavy atom. The van der Waals surface area contributed by atoms with Gasteiger partial charge in [-0.05, 0) is 50.1 Å². The molecule has 31 heavy (non-hydrogen) atoms. The summed E-state index contributed by atoms with van der Waals surface area (Å²) in [6, 6.07) is 5.40. The number of benzene rings is 1. The fraction of sp³-hybridized carbons (Fsp3) is 0.316. The summed E-state index contributed by atoms with van der Waals surface area (Å²) in [5.74, 6) is -1.82. The van der Waals surface area contributed by atoms with Gasteiger partial charge in [0.1, 0.15) is 15.9 Å². The molecular weight excluding hydrogens is 451 g/mol. The van der Waals surface area contributed by atoms with E-state index in [1.165, 1.54) is 32.2 Å². The molecule has 0 aliphatic rings. The van der Waals surface area contributed by atoms with Crippen molar-refractivity contribution in [3.05, 3.63) is 68.4 Å². The second-order valence-electron chi connectivity index (χ2n) is 7.08. The van der Waals surface area contributed by atoms with E-state index in [4.69, 9.17) is 20.8 Å². The van der Waals surface area contributed by atoms with Crippen LogP contribution in [0.1, 0.15) is 29.5 Å². The summed E-state index contributed by atoms with van der Waals surface area (Å²) in [6.45, 7) is 4.62. The molecule has 2 aromatic heterocycles. The van der Waals surface area contributed by atoms with Crippen molar-refractivity contribution in [1.82, 2.24) is 19.9 Å². The topological polar surface area (TPSA) is 127 Å². The lowest BCUT2D eigenvalue weighted by Gasteiger charge is -2.29. The number of hydrogen-bond donors (Lipinski definition) is 2. The number of methoxy groups -OCH3 is 1. The number of H-pyrrole nitrogens is 1. The van der Waals surface area contributed by atoms with E-state index >= 15 is 0 Å². The zero-order chi connectivity index (χ0) is 23.0. The summed E-state index contributed by atoms with van der Waals surface area (Å²) >= 11 is 5.81. The van der Waals surface area contributed by atoms with E-state index < -0.39 is 27.0 Å². The predicted molar refractivity (Wildman–Crippen MR) is 110 cm³/mol. The molecule has 0 spiro atoms. The Morgan fingerprint density at radius 1 is 1.29 bits per heavy atom. The highest BCUT2D eigenvalue weighted by Gasteiger charge is 2.40. The molecule has 2 heterocycles. The SMILES string of the molecule is COc1nc(Cl)ccc1S(=O)(=O)NC[C@](C)(c1n[nH]c(=O)o1)c1c(F)ccc(C)c1C. The quantitative estimate of drug-likeness (QED) is 0.507. The number of aromatic amines is 1. The number of ether oxygens (including phenoxy) is 1. The molecule has 0 aliphatic heterocycles. The number of aromatic nitrogens is 3. The van der Waals surface area contributed by atoms with Gasteiger partial charge in [-0.2, -0.15) is 0 Å². The maximum atomic E-state index is 14.9. The van der Waals surface area contributed by atoms with Crippen molar-refractivity contribution in [3.63, 3.8) is 0 Å². The van der Waals surface area contributed by atoms with Crippen molar-refractivity contribution < 1.29 is 22.0 Å². The highest BCUT2D eigenvalue weighted by atomic mass is 35.5. The first-order chi connectivity index (χ1) is 14.5. The Kier molecular flexibility index (Phi) is 6.21. The Morgan fingerprint density at radius 2 is 2.00 bits per heavy atom. The molecule has 166 valence electrons. The van der Waals surface area contributed by atoms with E-state index in [1.54, 1.807) is 19.9 Å². The Labute approximate surface area is 182 Å². The van der Waals surface area contributed by atoms with Crippen LogP contribution in [0.4, 0.5) is 4.39 Å². The van der Waals surface area contributed by atoms with Crippen molar-refractivity contribution in [2.24, 2.45) is 0 Å². The third-order valence-corrected chi connectivity index (χ3v) is 6.66. The fourth-order valence-electron chi connectivity index (χ4n) is 3.27. The minimum absolute atomic E-state index is 0.0522. The first-order valence-corrected chi connectivity index (χ1v) is 10.9. The van der Waals surface area contributed by atoms with Crippen LogP contribution in [-0.4, -0.2) is 37.3 Å². The predicted octanol–water partition coefficient (Wildman–Crippen LogP) is 2.46. The third-order valence-electron chi connectivity index (χ3n) is 5.04. The number of rotatable bonds is 7. The van der Waals surface area contributed by atoms with Gasteiger partial charge in [-0.1, -0.05) is 17.7 Å². The molecule has 9 nitrogen and oxygen atoms in total. The van der Waals surface area contributed by atoms with Crippen LogP contribution < -0.4 is 15.2 Å². The van der Waals surface area contributed by atoms with Gasteiger partial charge in [0.25, 0.3) is 0 Å². The maximum absolute atomic E-state index is 14.9. The fourth-order valence-corrected chi connectivity index (χ4v) is 4.65. The molecule has 0 amide bonds. The van der Waals surface area contributed by atoms with Gasteiger partial charge in [-0.25, -0.2) is 32.4 Å². The van der Waals surface area contributed by atoms with Gasteiger partial charge in [0, 0.05) is 12.1 Å². The highest BCUT2D eigenvalue weighted by molar-refractivity contribution is 7.89. The summed E-state index contributed by atoms with van der Waals surface area (Å²) in [6.07, 6.45) is 0. The minimum Gasteiger partial charge on any atom is -0.480 e. The van der Waals surface area contributed by atoms with Crippen LogP contribution in [0.5, 0.6) is 5.88 Å². The number of nitrogens with one attached hydrogen (secondary N) is 2. The van der Waals surface area contributed by atoms with Crippen LogP contribution in [-0.2, 0) is 15.4 Å². The molecule has 3 rings (SSSR count). The molecule has 0 saturated carbocycles. The lowest BCUT2D eigenvalue weighted by Crippen LogP contribution is -2.41. The van der Waals surface area contributed by atoms with E-state index in [0.717, 1.165) is 5.56 Å². The third kappa shape index (κ3) is 4.34. The lowest BCUT2D eigenvalue weighted by molar-refractivity contribution is 0.362. The molecule has 0 bridgehead atoms. The van der Waals surface area contributed by atoms with Crippen molar-refractivity contribution >= 4 is 21.6 Å². The van der Waals surface area contributed by atoms with Crippen LogP contribution in [0.3, 0.4) is 0 Å². The van der Waals surface area contributed by atoms with Gasteiger partial charge in [0.2, 0.25) is 21.8 Å². The van der Waals surface area contributed by atoms with Gasteiger partial charge in [0.05, 0.1) is 12.5 Å². The normalized spacial score (nSPS) is 13.7. The van der Waals surface area contributed by atoms with Crippen molar-refractivity contribution in [2.75, 3.05) is 13.7 Å². The molecule has 0 fully saturated rings. The Balaban J connectivity index is 2.10. The number of pyridine rings is 1. The molecule has 0 aliphatic carbocycles. The second kappa shape index (κ2) is 8.40. The smallest absolute Gasteiger partial charge is 0.434 e. The highest BCUT2D eigenvalue weighted by Crippen LogP contribution is 2.35. The number of aryl methyl sites for hydroxylation is 1. The van der Waals surface area contributed by atoms with E-state index in [1.807, 2.05) is 0 Å². The van der Waals surface area contributed by atoms with Crippen LogP contribution >= 0.6 is 11.6 Å². The largest absolute Gasteiger partial charge is 0.480 e. The summed E-state index contributed by atoms with van der Waals surface area (Å²) in [7, 11) is -2.92. The standard InChI is InChI=1S/C19H20ClFN4O5S/c1-10-5-6-12(21)15(11(10)2)19(3,17-24-25-18(26)30-17)9-22-31(27,28)13-7-8-14(20)23-16(13)29-4/h5-8,22H,9H2,1-4H3,(H,25,26)/t19-/m0/s1. The molecule has 0 unspecified atom stereocenters. The van der Waals surface area contributed by atoms with E-state index in [-0.39, 0.29) is 33.9 Å². The number of hydrogen-bond acceptors (Lipinski definition) is 7. The number of nitrogens with zero attached hydrogens (tertiary/aromatic N) is 2. The summed E-state index contributed by atoms with van der Waals surface area (Å²) in [5, 5.41) is 6.02. The monoisotopic (exact) mass is 470 g/mol. The van der Waals surface area contributed by atoms with Gasteiger partial charge in [-0.3, -0.25) is 0 Å². The van der Waals surface area contributed by atoms with Crippen molar-refractivity contribution in [1.29, 1.82) is 0 Å². The average molecular weight is 471 g/mol. The van der Waals surface area contributed by atoms with Crippen molar-refractivity contribution in [2.45, 2.75) is 31.1 Å².